The summed E-state index contributed by atoms with van der Waals surface area (Å²) in [5, 5.41) is 7.12. The van der Waals surface area contributed by atoms with Gasteiger partial charge in [0.1, 0.15) is 5.76 Å². The number of methoxy groups -OCH3 is 1. The number of hydrogen-bond donors (Lipinski definition) is 1. The van der Waals surface area contributed by atoms with Gasteiger partial charge in [0, 0.05) is 38.7 Å². The first-order valence-corrected chi connectivity index (χ1v) is 8.59. The Kier molecular flexibility index (Phi) is 7.25. The number of carboxylic acid groups (broad SMARTS) is 1. The Morgan fingerprint density at radius 1 is 1.37 bits per heavy atom. The first-order valence-electron chi connectivity index (χ1n) is 8.59. The number of halogens is 3. The number of carbonyl (C=O) groups excluding carboxylic acids is 1. The van der Waals surface area contributed by atoms with Crippen molar-refractivity contribution in [2.75, 3.05) is 26.8 Å². The van der Waals surface area contributed by atoms with Crippen molar-refractivity contribution in [1.82, 2.24) is 9.80 Å². The van der Waals surface area contributed by atoms with Gasteiger partial charge in [0.15, 0.2) is 0 Å². The van der Waals surface area contributed by atoms with Crippen LogP contribution in [0.4, 0.5) is 13.2 Å². The van der Waals surface area contributed by atoms with Gasteiger partial charge in [-0.15, -0.1) is 0 Å². The molecule has 2 saturated heterocycles. The summed E-state index contributed by atoms with van der Waals surface area (Å²) in [6.45, 7) is 3.21. The van der Waals surface area contributed by atoms with Gasteiger partial charge in [-0.3, -0.25) is 9.69 Å². The predicted molar refractivity (Wildman–Crippen MR) is 87.8 cm³/mol. The fourth-order valence-corrected chi connectivity index (χ4v) is 3.52. The Hall–Kier alpha value is -2.07. The largest absolute Gasteiger partial charge is 0.490 e. The molecule has 0 radical (unpaired) electrons. The van der Waals surface area contributed by atoms with Crippen LogP contribution in [0.3, 0.4) is 0 Å². The zero-order valence-electron chi connectivity index (χ0n) is 14.9. The van der Waals surface area contributed by atoms with E-state index in [1.54, 1.807) is 13.4 Å². The van der Waals surface area contributed by atoms with Crippen molar-refractivity contribution in [2.45, 2.75) is 44.1 Å². The SMILES string of the molecule is COCCN1C(=O)CC[C@@H]2[C@H]1CCN2Cc1ccco1.O=C(O)C(F)(F)F. The molecule has 152 valence electrons. The maximum atomic E-state index is 12.1. The highest BCUT2D eigenvalue weighted by Crippen LogP contribution is 2.32. The first-order chi connectivity index (χ1) is 12.7. The molecule has 0 bridgehead atoms. The lowest BCUT2D eigenvalue weighted by Crippen LogP contribution is -2.52. The number of carbonyl (C=O) groups is 2. The highest BCUT2D eigenvalue weighted by molar-refractivity contribution is 5.77. The molecular formula is C17H23F3N2O5. The summed E-state index contributed by atoms with van der Waals surface area (Å²) < 4.78 is 42.3. The van der Waals surface area contributed by atoms with Crippen LogP contribution in [-0.4, -0.2) is 71.8 Å². The number of hydrogen-bond acceptors (Lipinski definition) is 5. The van der Waals surface area contributed by atoms with Crippen molar-refractivity contribution >= 4 is 11.9 Å². The van der Waals surface area contributed by atoms with E-state index in [4.69, 9.17) is 19.1 Å². The minimum absolute atomic E-state index is 0.281. The Balaban J connectivity index is 0.000000321. The molecule has 0 unspecified atom stereocenters. The van der Waals surface area contributed by atoms with E-state index >= 15 is 0 Å². The average Bonchev–Trinajstić information content (AvgIpc) is 3.24. The summed E-state index contributed by atoms with van der Waals surface area (Å²) in [6, 6.07) is 4.76. The van der Waals surface area contributed by atoms with Crippen LogP contribution in [-0.2, 0) is 20.9 Å². The summed E-state index contributed by atoms with van der Waals surface area (Å²) in [4.78, 5) is 25.5. The van der Waals surface area contributed by atoms with Gasteiger partial charge in [-0.05, 0) is 25.0 Å². The molecule has 0 aromatic carbocycles. The molecule has 2 aliphatic heterocycles. The highest BCUT2D eigenvalue weighted by Gasteiger charge is 2.42. The van der Waals surface area contributed by atoms with Crippen molar-refractivity contribution in [2.24, 2.45) is 0 Å². The lowest BCUT2D eigenvalue weighted by Gasteiger charge is -2.39. The number of amides is 1. The van der Waals surface area contributed by atoms with Crippen molar-refractivity contribution in [1.29, 1.82) is 0 Å². The third kappa shape index (κ3) is 5.70. The van der Waals surface area contributed by atoms with Crippen molar-refractivity contribution in [3.05, 3.63) is 24.2 Å². The predicted octanol–water partition coefficient (Wildman–Crippen LogP) is 2.12. The van der Waals surface area contributed by atoms with Crippen molar-refractivity contribution < 1.29 is 37.0 Å². The van der Waals surface area contributed by atoms with Gasteiger partial charge in [0.05, 0.1) is 19.4 Å². The van der Waals surface area contributed by atoms with Crippen LogP contribution in [0.15, 0.2) is 22.8 Å². The summed E-state index contributed by atoms with van der Waals surface area (Å²) in [5.74, 6) is -1.47. The normalized spacial score (nSPS) is 23.0. The number of ether oxygens (including phenoxy) is 1. The number of fused-ring (bicyclic) bond motifs is 1. The second-order valence-electron chi connectivity index (χ2n) is 6.39. The lowest BCUT2D eigenvalue weighted by molar-refractivity contribution is -0.192. The lowest BCUT2D eigenvalue weighted by atomic mass is 9.96. The van der Waals surface area contributed by atoms with Gasteiger partial charge in [-0.1, -0.05) is 0 Å². The molecule has 2 atom stereocenters. The van der Waals surface area contributed by atoms with E-state index < -0.39 is 12.1 Å². The molecule has 3 heterocycles. The molecule has 2 fully saturated rings. The third-order valence-electron chi connectivity index (χ3n) is 4.72. The van der Waals surface area contributed by atoms with Crippen LogP contribution in [0.25, 0.3) is 0 Å². The summed E-state index contributed by atoms with van der Waals surface area (Å²) in [6.07, 6.45) is -0.688. The topological polar surface area (TPSA) is 83.2 Å². The van der Waals surface area contributed by atoms with Crippen LogP contribution in [0.5, 0.6) is 0 Å². The zero-order chi connectivity index (χ0) is 20.0. The fourth-order valence-electron chi connectivity index (χ4n) is 3.52. The van der Waals surface area contributed by atoms with Crippen LogP contribution in [0, 0.1) is 0 Å². The van der Waals surface area contributed by atoms with E-state index in [1.807, 2.05) is 17.0 Å². The van der Waals surface area contributed by atoms with E-state index in [0.717, 1.165) is 31.7 Å². The molecule has 7 nitrogen and oxygen atoms in total. The quantitative estimate of drug-likeness (QED) is 0.827. The van der Waals surface area contributed by atoms with E-state index in [1.165, 1.54) is 0 Å². The van der Waals surface area contributed by atoms with Gasteiger partial charge in [0.2, 0.25) is 5.91 Å². The van der Waals surface area contributed by atoms with Gasteiger partial charge < -0.3 is 19.2 Å². The molecular weight excluding hydrogens is 369 g/mol. The second-order valence-corrected chi connectivity index (χ2v) is 6.39. The molecule has 27 heavy (non-hydrogen) atoms. The maximum Gasteiger partial charge on any atom is 0.490 e. The number of furan rings is 1. The third-order valence-corrected chi connectivity index (χ3v) is 4.72. The second kappa shape index (κ2) is 9.23. The van der Waals surface area contributed by atoms with Crippen LogP contribution < -0.4 is 0 Å². The van der Waals surface area contributed by atoms with E-state index in [0.29, 0.717) is 31.7 Å². The minimum atomic E-state index is -5.08. The Bertz CT molecular complexity index is 621. The Morgan fingerprint density at radius 2 is 2.07 bits per heavy atom. The Labute approximate surface area is 154 Å². The maximum absolute atomic E-state index is 12.1. The average molecular weight is 392 g/mol. The molecule has 3 rings (SSSR count). The number of nitrogens with zero attached hydrogens (tertiary/aromatic N) is 2. The molecule has 1 N–H and O–H groups in total. The molecule has 1 amide bonds. The van der Waals surface area contributed by atoms with Gasteiger partial charge in [0.25, 0.3) is 0 Å². The smallest absolute Gasteiger partial charge is 0.475 e. The first kappa shape index (κ1) is 21.2. The van der Waals surface area contributed by atoms with Gasteiger partial charge in [-0.25, -0.2) is 4.79 Å². The van der Waals surface area contributed by atoms with Crippen molar-refractivity contribution in [3.63, 3.8) is 0 Å². The van der Waals surface area contributed by atoms with Crippen LogP contribution in [0.2, 0.25) is 0 Å². The fraction of sp³-hybridized carbons (Fsp3) is 0.647. The molecule has 10 heteroatoms. The number of alkyl halides is 3. The highest BCUT2D eigenvalue weighted by atomic mass is 19.4. The number of rotatable bonds is 5. The monoisotopic (exact) mass is 392 g/mol. The summed E-state index contributed by atoms with van der Waals surface area (Å²) in [5.41, 5.74) is 0. The zero-order valence-corrected chi connectivity index (χ0v) is 14.9. The Morgan fingerprint density at radius 3 is 2.63 bits per heavy atom. The molecule has 2 aliphatic rings. The molecule has 0 aliphatic carbocycles. The van der Waals surface area contributed by atoms with Gasteiger partial charge >= 0.3 is 12.1 Å². The van der Waals surface area contributed by atoms with E-state index in [2.05, 4.69) is 4.90 Å². The molecule has 1 aromatic rings. The van der Waals surface area contributed by atoms with E-state index in [9.17, 15) is 18.0 Å². The number of likely N-dealkylation sites (tertiary alicyclic amines) is 2. The minimum Gasteiger partial charge on any atom is -0.475 e. The van der Waals surface area contributed by atoms with Crippen LogP contribution in [0.1, 0.15) is 25.0 Å². The van der Waals surface area contributed by atoms with Crippen LogP contribution >= 0.6 is 0 Å². The van der Waals surface area contributed by atoms with E-state index in [-0.39, 0.29) is 5.91 Å². The molecule has 0 spiro atoms. The standard InChI is InChI=1S/C15H22N2O3.C2HF3O2/c1-19-10-8-17-14-6-7-16(11-12-3-2-9-20-12)13(14)4-5-15(17)18;3-2(4,5)1(6)7/h2-3,9,13-14H,4-8,10-11H2,1H3;(H,6,7)/t13-,14-;/m1./s1. The number of piperidine rings is 1. The van der Waals surface area contributed by atoms with Crippen molar-refractivity contribution in [3.8, 4) is 0 Å². The summed E-state index contributed by atoms with van der Waals surface area (Å²) in [7, 11) is 1.68. The summed E-state index contributed by atoms with van der Waals surface area (Å²) >= 11 is 0. The number of carboxylic acids is 1. The molecule has 0 saturated carbocycles. The molecule has 1 aromatic heterocycles. The van der Waals surface area contributed by atoms with Gasteiger partial charge in [-0.2, -0.15) is 13.2 Å². The number of aliphatic carboxylic acids is 1.